The summed E-state index contributed by atoms with van der Waals surface area (Å²) < 4.78 is 13.6. The molecule has 1 aliphatic rings. The first-order valence-electron chi connectivity index (χ1n) is 9.94. The van der Waals surface area contributed by atoms with Gasteiger partial charge >= 0.3 is 0 Å². The predicted molar refractivity (Wildman–Crippen MR) is 117 cm³/mol. The number of fused-ring (bicyclic) bond motifs is 3. The fourth-order valence-electron chi connectivity index (χ4n) is 3.70. The second-order valence-corrected chi connectivity index (χ2v) is 7.26. The zero-order chi connectivity index (χ0) is 22.2. The van der Waals surface area contributed by atoms with Crippen LogP contribution in [0.4, 0.5) is 0 Å². The Bertz CT molecular complexity index is 1520. The molecule has 0 spiro atoms. The van der Waals surface area contributed by atoms with E-state index in [0.29, 0.717) is 22.8 Å². The van der Waals surface area contributed by atoms with Gasteiger partial charge in [-0.2, -0.15) is 0 Å². The van der Waals surface area contributed by atoms with Gasteiger partial charge in [-0.3, -0.25) is 19.4 Å². The Morgan fingerprint density at radius 1 is 1.22 bits per heavy atom. The lowest BCUT2D eigenvalue weighted by molar-refractivity contribution is 0.0948. The number of nitrogens with one attached hydrogen (secondary N) is 2. The number of hydrogen-bond donors (Lipinski definition) is 2. The monoisotopic (exact) mass is 429 g/mol. The Kier molecular flexibility index (Phi) is 4.70. The lowest BCUT2D eigenvalue weighted by Crippen LogP contribution is -2.34. The van der Waals surface area contributed by atoms with Crippen LogP contribution in [0.15, 0.2) is 66.1 Å². The molecule has 0 unspecified atom stereocenters. The Morgan fingerprint density at radius 3 is 2.91 bits per heavy atom. The highest BCUT2D eigenvalue weighted by Gasteiger charge is 2.18. The summed E-state index contributed by atoms with van der Waals surface area (Å²) in [6.45, 7) is 4.36. The summed E-state index contributed by atoms with van der Waals surface area (Å²) in [6.07, 6.45) is 3.22. The second kappa shape index (κ2) is 7.69. The molecule has 160 valence electrons. The lowest BCUT2D eigenvalue weighted by Gasteiger charge is -2.13. The van der Waals surface area contributed by atoms with E-state index in [9.17, 15) is 9.59 Å². The van der Waals surface area contributed by atoms with Gasteiger partial charge < -0.3 is 19.4 Å². The molecule has 2 N–H and O–H groups in total. The molecular formula is C23H19N5O4. The van der Waals surface area contributed by atoms with Crippen LogP contribution in [0.5, 0.6) is 11.5 Å². The minimum atomic E-state index is -0.468. The smallest absolute Gasteiger partial charge is 0.267 e. The summed E-state index contributed by atoms with van der Waals surface area (Å²) in [5, 5.41) is 11.7. The highest BCUT2D eigenvalue weighted by molar-refractivity contribution is 5.96. The number of ether oxygens (including phenoxy) is 2. The molecule has 0 saturated heterocycles. The summed E-state index contributed by atoms with van der Waals surface area (Å²) >= 11 is 0. The molecule has 5 rings (SSSR count). The van der Waals surface area contributed by atoms with Crippen molar-refractivity contribution in [1.29, 1.82) is 5.41 Å². The highest BCUT2D eigenvalue weighted by Crippen LogP contribution is 2.32. The molecule has 3 aromatic heterocycles. The molecule has 4 aromatic rings. The van der Waals surface area contributed by atoms with E-state index in [-0.39, 0.29) is 41.9 Å². The number of amides is 1. The minimum Gasteiger partial charge on any atom is -0.454 e. The maximum absolute atomic E-state index is 13.1. The first-order valence-corrected chi connectivity index (χ1v) is 9.94. The van der Waals surface area contributed by atoms with Crippen molar-refractivity contribution in [2.75, 3.05) is 6.79 Å². The molecule has 1 aliphatic heterocycles. The van der Waals surface area contributed by atoms with E-state index in [1.54, 1.807) is 42.6 Å². The van der Waals surface area contributed by atoms with E-state index >= 15 is 0 Å². The minimum absolute atomic E-state index is 0.0484. The van der Waals surface area contributed by atoms with Crippen molar-refractivity contribution in [3.63, 3.8) is 0 Å². The van der Waals surface area contributed by atoms with Crippen LogP contribution >= 0.6 is 0 Å². The number of rotatable bonds is 5. The Labute approximate surface area is 181 Å². The summed E-state index contributed by atoms with van der Waals surface area (Å²) in [4.78, 5) is 30.6. The van der Waals surface area contributed by atoms with Crippen molar-refractivity contribution in [2.24, 2.45) is 0 Å². The third-order valence-electron chi connectivity index (χ3n) is 5.26. The zero-order valence-electron chi connectivity index (χ0n) is 17.0. The number of hydrogen-bond acceptors (Lipinski definition) is 6. The largest absolute Gasteiger partial charge is 0.454 e. The average molecular weight is 429 g/mol. The molecule has 4 heterocycles. The predicted octanol–water partition coefficient (Wildman–Crippen LogP) is 1.97. The summed E-state index contributed by atoms with van der Waals surface area (Å²) in [7, 11) is 0. The van der Waals surface area contributed by atoms with E-state index in [4.69, 9.17) is 14.9 Å². The number of allylic oxidation sites excluding steroid dienone is 1. The third kappa shape index (κ3) is 3.20. The van der Waals surface area contributed by atoms with Crippen molar-refractivity contribution >= 4 is 22.6 Å². The summed E-state index contributed by atoms with van der Waals surface area (Å²) in [5.74, 6) is 0.817. The summed E-state index contributed by atoms with van der Waals surface area (Å²) in [6, 6.07) is 12.1. The molecule has 1 aromatic carbocycles. The Balaban J connectivity index is 1.56. The number of benzene rings is 1. The van der Waals surface area contributed by atoms with Gasteiger partial charge in [-0.25, -0.2) is 4.98 Å². The van der Waals surface area contributed by atoms with Crippen molar-refractivity contribution in [3.05, 3.63) is 88.3 Å². The van der Waals surface area contributed by atoms with Crippen molar-refractivity contribution in [1.82, 2.24) is 19.3 Å². The summed E-state index contributed by atoms with van der Waals surface area (Å²) in [5.41, 5.74) is 1.33. The number of carbonyl (C=O) groups excluding carboxylic acids is 1. The highest BCUT2D eigenvalue weighted by atomic mass is 16.7. The number of carbonyl (C=O) groups is 1. The Hall–Kier alpha value is -4.40. The quantitative estimate of drug-likeness (QED) is 0.372. The van der Waals surface area contributed by atoms with Crippen LogP contribution in [-0.4, -0.2) is 26.7 Å². The molecule has 0 bridgehead atoms. The molecule has 0 fully saturated rings. The molecule has 0 aliphatic carbocycles. The van der Waals surface area contributed by atoms with Gasteiger partial charge in [0.2, 0.25) is 6.79 Å². The van der Waals surface area contributed by atoms with Crippen LogP contribution in [0.25, 0.3) is 16.7 Å². The van der Waals surface area contributed by atoms with Gasteiger partial charge in [0.25, 0.3) is 11.5 Å². The molecule has 1 amide bonds. The van der Waals surface area contributed by atoms with Gasteiger partial charge in [0, 0.05) is 19.3 Å². The van der Waals surface area contributed by atoms with Crippen LogP contribution in [-0.2, 0) is 13.1 Å². The first kappa shape index (κ1) is 19.6. The van der Waals surface area contributed by atoms with Crippen LogP contribution in [0.1, 0.15) is 15.9 Å². The fraction of sp³-hybridized carbons (Fsp3) is 0.130. The van der Waals surface area contributed by atoms with Gasteiger partial charge in [-0.05, 0) is 35.9 Å². The van der Waals surface area contributed by atoms with Crippen LogP contribution in [0, 0.1) is 5.41 Å². The van der Waals surface area contributed by atoms with E-state index in [1.807, 2.05) is 6.07 Å². The topological polar surface area (TPSA) is 111 Å². The molecule has 32 heavy (non-hydrogen) atoms. The normalized spacial score (nSPS) is 12.2. The first-order chi connectivity index (χ1) is 15.6. The average Bonchev–Trinajstić information content (AvgIpc) is 3.27. The van der Waals surface area contributed by atoms with E-state index in [2.05, 4.69) is 16.9 Å². The second-order valence-electron chi connectivity index (χ2n) is 7.26. The molecule has 9 heteroatoms. The molecule has 0 saturated carbocycles. The molecule has 9 nitrogen and oxygen atoms in total. The van der Waals surface area contributed by atoms with E-state index in [1.165, 1.54) is 15.0 Å². The molecular weight excluding hydrogens is 410 g/mol. The van der Waals surface area contributed by atoms with Crippen LogP contribution in [0.2, 0.25) is 0 Å². The fourth-order valence-corrected chi connectivity index (χ4v) is 3.70. The maximum Gasteiger partial charge on any atom is 0.267 e. The van der Waals surface area contributed by atoms with Crippen molar-refractivity contribution < 1.29 is 14.3 Å². The maximum atomic E-state index is 13.1. The standard InChI is InChI=1S/C23H19N5O4/c1-2-8-28-20(24)15(11-16-21(28)26-19-5-3-4-9-27(19)23(16)30)22(29)25-12-14-6-7-17-18(10-14)32-13-31-17/h2-7,9-11,24H,1,8,12-13H2,(H,25,29). The van der Waals surface area contributed by atoms with Gasteiger partial charge in [-0.1, -0.05) is 18.2 Å². The molecule has 0 atom stereocenters. The van der Waals surface area contributed by atoms with Crippen molar-refractivity contribution in [3.8, 4) is 11.5 Å². The van der Waals surface area contributed by atoms with Gasteiger partial charge in [0.15, 0.2) is 11.5 Å². The van der Waals surface area contributed by atoms with Crippen LogP contribution in [0.3, 0.4) is 0 Å². The van der Waals surface area contributed by atoms with Crippen molar-refractivity contribution in [2.45, 2.75) is 13.1 Å². The van der Waals surface area contributed by atoms with Gasteiger partial charge in [0.1, 0.15) is 16.8 Å². The zero-order valence-corrected chi connectivity index (χ0v) is 17.0. The third-order valence-corrected chi connectivity index (χ3v) is 5.26. The number of nitrogens with zero attached hydrogens (tertiary/aromatic N) is 3. The van der Waals surface area contributed by atoms with E-state index in [0.717, 1.165) is 5.56 Å². The SMILES string of the molecule is C=CCn1c(=N)c(C(=O)NCc2ccc3c(c2)OCO3)cc2c(=O)n3ccccc3nc21. The van der Waals surface area contributed by atoms with E-state index < -0.39 is 5.91 Å². The Morgan fingerprint density at radius 2 is 2.06 bits per heavy atom. The van der Waals surface area contributed by atoms with Gasteiger partial charge in [0.05, 0.1) is 10.9 Å². The van der Waals surface area contributed by atoms with Gasteiger partial charge in [-0.15, -0.1) is 6.58 Å². The number of pyridine rings is 2. The molecule has 0 radical (unpaired) electrons. The lowest BCUT2D eigenvalue weighted by atomic mass is 10.1. The van der Waals surface area contributed by atoms with Crippen LogP contribution < -0.4 is 25.8 Å². The number of aromatic nitrogens is 3.